The summed E-state index contributed by atoms with van der Waals surface area (Å²) in [5.74, 6) is -0.163. The summed E-state index contributed by atoms with van der Waals surface area (Å²) in [6.45, 7) is 2.84. The SMILES string of the molecule is CC1(O)CCN(C(=O)c2cncc(O)c2)CC1. The Balaban J connectivity index is 2.07. The number of rotatable bonds is 1. The predicted molar refractivity (Wildman–Crippen MR) is 61.7 cm³/mol. The molecule has 0 bridgehead atoms. The van der Waals surface area contributed by atoms with Crippen LogP contribution in [0.25, 0.3) is 0 Å². The first kappa shape index (κ1) is 11.9. The number of nitrogens with zero attached hydrogens (tertiary/aromatic N) is 2. The molecule has 0 saturated carbocycles. The zero-order chi connectivity index (χ0) is 12.5. The molecule has 1 aromatic heterocycles. The average Bonchev–Trinajstić information content (AvgIpc) is 2.28. The minimum absolute atomic E-state index is 0.0140. The van der Waals surface area contributed by atoms with Crippen LogP contribution in [-0.2, 0) is 0 Å². The Labute approximate surface area is 99.7 Å². The van der Waals surface area contributed by atoms with Crippen LogP contribution in [0.5, 0.6) is 5.75 Å². The largest absolute Gasteiger partial charge is 0.506 e. The fourth-order valence-corrected chi connectivity index (χ4v) is 1.92. The molecule has 0 atom stereocenters. The Kier molecular flexibility index (Phi) is 3.02. The Bertz CT molecular complexity index is 422. The molecule has 17 heavy (non-hydrogen) atoms. The predicted octanol–water partition coefficient (Wildman–Crippen LogP) is 0.774. The molecule has 1 aliphatic rings. The lowest BCUT2D eigenvalue weighted by Gasteiger charge is -2.35. The number of likely N-dealkylation sites (tertiary alicyclic amines) is 1. The first-order valence-corrected chi connectivity index (χ1v) is 5.64. The smallest absolute Gasteiger partial charge is 0.255 e. The van der Waals surface area contributed by atoms with Gasteiger partial charge in [-0.3, -0.25) is 9.78 Å². The van der Waals surface area contributed by atoms with E-state index in [9.17, 15) is 15.0 Å². The monoisotopic (exact) mass is 236 g/mol. The van der Waals surface area contributed by atoms with Crippen LogP contribution in [0.3, 0.4) is 0 Å². The van der Waals surface area contributed by atoms with E-state index in [2.05, 4.69) is 4.98 Å². The van der Waals surface area contributed by atoms with Gasteiger partial charge in [0.15, 0.2) is 0 Å². The lowest BCUT2D eigenvalue weighted by atomic mass is 9.93. The van der Waals surface area contributed by atoms with Gasteiger partial charge in [-0.05, 0) is 25.8 Å². The van der Waals surface area contributed by atoms with Gasteiger partial charge in [-0.15, -0.1) is 0 Å². The molecule has 5 nitrogen and oxygen atoms in total. The number of hydrogen-bond acceptors (Lipinski definition) is 4. The molecule has 1 fully saturated rings. The maximum atomic E-state index is 12.1. The summed E-state index contributed by atoms with van der Waals surface area (Å²) in [5.41, 5.74) is -0.292. The molecule has 2 heterocycles. The van der Waals surface area contributed by atoms with Crippen LogP contribution in [0.2, 0.25) is 0 Å². The molecule has 5 heteroatoms. The van der Waals surface area contributed by atoms with Crippen molar-refractivity contribution in [1.82, 2.24) is 9.88 Å². The van der Waals surface area contributed by atoms with Gasteiger partial charge in [0.25, 0.3) is 5.91 Å². The van der Waals surface area contributed by atoms with Gasteiger partial charge in [0.1, 0.15) is 5.75 Å². The zero-order valence-electron chi connectivity index (χ0n) is 9.76. The molecule has 1 aromatic rings. The number of carbonyl (C=O) groups is 1. The summed E-state index contributed by atoms with van der Waals surface area (Å²) >= 11 is 0. The van der Waals surface area contributed by atoms with Gasteiger partial charge in [0.05, 0.1) is 17.4 Å². The van der Waals surface area contributed by atoms with Gasteiger partial charge in [-0.25, -0.2) is 0 Å². The molecule has 2 rings (SSSR count). The van der Waals surface area contributed by atoms with Gasteiger partial charge in [0, 0.05) is 19.3 Å². The number of carbonyl (C=O) groups excluding carboxylic acids is 1. The third kappa shape index (κ3) is 2.74. The number of aromatic nitrogens is 1. The maximum Gasteiger partial charge on any atom is 0.255 e. The number of amides is 1. The molecule has 0 unspecified atom stereocenters. The fourth-order valence-electron chi connectivity index (χ4n) is 1.92. The van der Waals surface area contributed by atoms with Gasteiger partial charge >= 0.3 is 0 Å². The molecule has 2 N–H and O–H groups in total. The first-order chi connectivity index (χ1) is 7.98. The van der Waals surface area contributed by atoms with Crippen molar-refractivity contribution in [2.45, 2.75) is 25.4 Å². The van der Waals surface area contributed by atoms with Crippen molar-refractivity contribution in [3.63, 3.8) is 0 Å². The van der Waals surface area contributed by atoms with E-state index in [4.69, 9.17) is 0 Å². The van der Waals surface area contributed by atoms with Crippen molar-refractivity contribution >= 4 is 5.91 Å². The van der Waals surface area contributed by atoms with Gasteiger partial charge < -0.3 is 15.1 Å². The average molecular weight is 236 g/mol. The number of aromatic hydroxyl groups is 1. The van der Waals surface area contributed by atoms with E-state index in [1.165, 1.54) is 18.5 Å². The molecule has 1 aliphatic heterocycles. The van der Waals surface area contributed by atoms with Crippen LogP contribution in [-0.4, -0.2) is 44.7 Å². The third-order valence-corrected chi connectivity index (χ3v) is 3.10. The summed E-state index contributed by atoms with van der Waals surface area (Å²) in [4.78, 5) is 17.5. The lowest BCUT2D eigenvalue weighted by Crippen LogP contribution is -2.45. The maximum absolute atomic E-state index is 12.1. The van der Waals surface area contributed by atoms with E-state index < -0.39 is 5.60 Å². The van der Waals surface area contributed by atoms with Crippen LogP contribution in [0.15, 0.2) is 18.5 Å². The molecule has 1 saturated heterocycles. The molecular weight excluding hydrogens is 220 g/mol. The van der Waals surface area contributed by atoms with Crippen molar-refractivity contribution in [2.24, 2.45) is 0 Å². The summed E-state index contributed by atoms with van der Waals surface area (Å²) in [5, 5.41) is 19.1. The highest BCUT2D eigenvalue weighted by Crippen LogP contribution is 2.22. The molecule has 0 aromatic carbocycles. The Morgan fingerprint density at radius 3 is 2.65 bits per heavy atom. The number of hydrogen-bond donors (Lipinski definition) is 2. The molecule has 0 spiro atoms. The van der Waals surface area contributed by atoms with Crippen LogP contribution in [0, 0.1) is 0 Å². The summed E-state index contributed by atoms with van der Waals surface area (Å²) < 4.78 is 0. The Morgan fingerprint density at radius 1 is 1.41 bits per heavy atom. The van der Waals surface area contributed by atoms with E-state index in [1.807, 2.05) is 0 Å². The quantitative estimate of drug-likeness (QED) is 0.755. The van der Waals surface area contributed by atoms with Crippen LogP contribution in [0.1, 0.15) is 30.1 Å². The number of pyridine rings is 1. The standard InChI is InChI=1S/C12H16N2O3/c1-12(17)2-4-14(5-3-12)11(16)9-6-10(15)8-13-7-9/h6-8,15,17H,2-5H2,1H3. The van der Waals surface area contributed by atoms with Crippen molar-refractivity contribution in [2.75, 3.05) is 13.1 Å². The second-order valence-electron chi connectivity index (χ2n) is 4.72. The third-order valence-electron chi connectivity index (χ3n) is 3.10. The van der Waals surface area contributed by atoms with E-state index in [1.54, 1.807) is 11.8 Å². The second-order valence-corrected chi connectivity index (χ2v) is 4.72. The van der Waals surface area contributed by atoms with Crippen LogP contribution < -0.4 is 0 Å². The van der Waals surface area contributed by atoms with Crippen molar-refractivity contribution in [3.8, 4) is 5.75 Å². The molecule has 0 aliphatic carbocycles. The highest BCUT2D eigenvalue weighted by molar-refractivity contribution is 5.94. The van der Waals surface area contributed by atoms with Crippen molar-refractivity contribution in [1.29, 1.82) is 0 Å². The highest BCUT2D eigenvalue weighted by atomic mass is 16.3. The van der Waals surface area contributed by atoms with E-state index in [0.717, 1.165) is 0 Å². The molecule has 0 radical (unpaired) electrons. The van der Waals surface area contributed by atoms with Gasteiger partial charge in [0.2, 0.25) is 0 Å². The molecule has 1 amide bonds. The van der Waals surface area contributed by atoms with E-state index >= 15 is 0 Å². The van der Waals surface area contributed by atoms with E-state index in [-0.39, 0.29) is 11.7 Å². The van der Waals surface area contributed by atoms with E-state index in [0.29, 0.717) is 31.5 Å². The Hall–Kier alpha value is -1.62. The zero-order valence-corrected chi connectivity index (χ0v) is 9.76. The fraction of sp³-hybridized carbons (Fsp3) is 0.500. The summed E-state index contributed by atoms with van der Waals surface area (Å²) in [6, 6.07) is 1.40. The summed E-state index contributed by atoms with van der Waals surface area (Å²) in [6.07, 6.45) is 3.88. The van der Waals surface area contributed by atoms with Gasteiger partial charge in [-0.2, -0.15) is 0 Å². The minimum Gasteiger partial charge on any atom is -0.506 e. The lowest BCUT2D eigenvalue weighted by molar-refractivity contribution is -0.00204. The van der Waals surface area contributed by atoms with Crippen molar-refractivity contribution in [3.05, 3.63) is 24.0 Å². The highest BCUT2D eigenvalue weighted by Gasteiger charge is 2.30. The first-order valence-electron chi connectivity index (χ1n) is 5.64. The molecular formula is C12H16N2O3. The topological polar surface area (TPSA) is 73.7 Å². The normalized spacial score (nSPS) is 19.1. The Morgan fingerprint density at radius 2 is 2.06 bits per heavy atom. The van der Waals surface area contributed by atoms with Crippen molar-refractivity contribution < 1.29 is 15.0 Å². The number of aliphatic hydroxyl groups is 1. The second kappa shape index (κ2) is 4.33. The van der Waals surface area contributed by atoms with Gasteiger partial charge in [-0.1, -0.05) is 0 Å². The van der Waals surface area contributed by atoms with Crippen LogP contribution >= 0.6 is 0 Å². The minimum atomic E-state index is -0.673. The van der Waals surface area contributed by atoms with Crippen LogP contribution in [0.4, 0.5) is 0 Å². The molecule has 92 valence electrons. The number of piperidine rings is 1. The summed E-state index contributed by atoms with van der Waals surface area (Å²) in [7, 11) is 0.